The maximum atomic E-state index is 12.6. The third kappa shape index (κ3) is 6.43. The molecule has 1 heterocycles. The van der Waals surface area contributed by atoms with E-state index in [4.69, 9.17) is 9.47 Å². The molecule has 1 atom stereocenters. The van der Waals surface area contributed by atoms with Gasteiger partial charge in [-0.1, -0.05) is 32.0 Å². The van der Waals surface area contributed by atoms with Gasteiger partial charge >= 0.3 is 6.09 Å². The number of para-hydroxylation sites is 1. The molecule has 0 aliphatic carbocycles. The van der Waals surface area contributed by atoms with Crippen LogP contribution in [0.1, 0.15) is 65.9 Å². The molecular formula is C22H34N2O4. The Bertz CT molecular complexity index is 673. The molecule has 0 radical (unpaired) electrons. The first-order valence-corrected chi connectivity index (χ1v) is 10.1. The molecular weight excluding hydrogens is 356 g/mol. The van der Waals surface area contributed by atoms with Crippen LogP contribution in [0.15, 0.2) is 24.3 Å². The maximum absolute atomic E-state index is 12.6. The molecule has 0 aromatic heterocycles. The van der Waals surface area contributed by atoms with Crippen molar-refractivity contribution in [1.82, 2.24) is 10.2 Å². The number of carbonyl (C=O) groups is 2. The summed E-state index contributed by atoms with van der Waals surface area (Å²) >= 11 is 0. The lowest BCUT2D eigenvalue weighted by molar-refractivity contribution is -0.128. The largest absolute Gasteiger partial charge is 0.481 e. The van der Waals surface area contributed by atoms with Crippen LogP contribution in [0.3, 0.4) is 0 Å². The average molecular weight is 391 g/mol. The van der Waals surface area contributed by atoms with Crippen LogP contribution in [0.5, 0.6) is 5.75 Å². The molecule has 1 N–H and O–H groups in total. The SMILES string of the molecule is CC(Oc1ccccc1C(C)C)C(=O)NC1CCN(C(=O)OC(C)(C)C)CC1. The van der Waals surface area contributed by atoms with Crippen molar-refractivity contribution >= 4 is 12.0 Å². The Balaban J connectivity index is 1.83. The number of piperidine rings is 1. The van der Waals surface area contributed by atoms with E-state index in [1.807, 2.05) is 45.0 Å². The highest BCUT2D eigenvalue weighted by Gasteiger charge is 2.28. The minimum Gasteiger partial charge on any atom is -0.481 e. The summed E-state index contributed by atoms with van der Waals surface area (Å²) in [6.07, 6.45) is 0.545. The number of amides is 2. The molecule has 2 amide bonds. The minimum atomic E-state index is -0.580. The molecule has 0 bridgehead atoms. The average Bonchev–Trinajstić information content (AvgIpc) is 2.61. The van der Waals surface area contributed by atoms with Crippen LogP contribution in [0.25, 0.3) is 0 Å². The van der Waals surface area contributed by atoms with Crippen LogP contribution in [0, 0.1) is 0 Å². The van der Waals surface area contributed by atoms with Crippen molar-refractivity contribution in [3.8, 4) is 5.75 Å². The third-order valence-corrected chi connectivity index (χ3v) is 4.71. The Morgan fingerprint density at radius 2 is 1.71 bits per heavy atom. The van der Waals surface area contributed by atoms with Gasteiger partial charge < -0.3 is 19.7 Å². The van der Waals surface area contributed by atoms with Crippen LogP contribution >= 0.6 is 0 Å². The summed E-state index contributed by atoms with van der Waals surface area (Å²) < 4.78 is 11.3. The molecule has 1 aliphatic rings. The van der Waals surface area contributed by atoms with E-state index in [2.05, 4.69) is 19.2 Å². The Kier molecular flexibility index (Phi) is 7.33. The first-order valence-electron chi connectivity index (χ1n) is 10.1. The number of carbonyl (C=O) groups excluding carboxylic acids is 2. The highest BCUT2D eigenvalue weighted by Crippen LogP contribution is 2.26. The zero-order valence-corrected chi connectivity index (χ0v) is 18.0. The van der Waals surface area contributed by atoms with Gasteiger partial charge in [0.05, 0.1) is 0 Å². The molecule has 2 rings (SSSR count). The van der Waals surface area contributed by atoms with Crippen molar-refractivity contribution < 1.29 is 19.1 Å². The van der Waals surface area contributed by atoms with Crippen molar-refractivity contribution in [3.63, 3.8) is 0 Å². The molecule has 1 aromatic carbocycles. The monoisotopic (exact) mass is 390 g/mol. The zero-order valence-electron chi connectivity index (χ0n) is 18.0. The van der Waals surface area contributed by atoms with Gasteiger partial charge in [0.25, 0.3) is 5.91 Å². The minimum absolute atomic E-state index is 0.0394. The summed E-state index contributed by atoms with van der Waals surface area (Å²) in [7, 11) is 0. The van der Waals surface area contributed by atoms with E-state index < -0.39 is 11.7 Å². The molecule has 1 aliphatic heterocycles. The van der Waals surface area contributed by atoms with Crippen molar-refractivity contribution in [2.75, 3.05) is 13.1 Å². The van der Waals surface area contributed by atoms with Gasteiger partial charge in [0.2, 0.25) is 0 Å². The molecule has 1 saturated heterocycles. The smallest absolute Gasteiger partial charge is 0.410 e. The number of ether oxygens (including phenoxy) is 2. The van der Waals surface area contributed by atoms with Gasteiger partial charge in [0.15, 0.2) is 6.10 Å². The first-order chi connectivity index (χ1) is 13.1. The van der Waals surface area contributed by atoms with Crippen molar-refractivity contribution in [1.29, 1.82) is 0 Å². The van der Waals surface area contributed by atoms with E-state index in [1.54, 1.807) is 11.8 Å². The molecule has 156 valence electrons. The molecule has 0 spiro atoms. The number of benzene rings is 1. The Morgan fingerprint density at radius 3 is 2.29 bits per heavy atom. The number of rotatable bonds is 5. The van der Waals surface area contributed by atoms with Crippen LogP contribution in [-0.2, 0) is 9.53 Å². The number of hydrogen-bond acceptors (Lipinski definition) is 4. The highest BCUT2D eigenvalue weighted by atomic mass is 16.6. The number of likely N-dealkylation sites (tertiary alicyclic amines) is 1. The fraction of sp³-hybridized carbons (Fsp3) is 0.636. The van der Waals surface area contributed by atoms with Gasteiger partial charge in [0, 0.05) is 19.1 Å². The number of nitrogens with one attached hydrogen (secondary N) is 1. The summed E-state index contributed by atoms with van der Waals surface area (Å²) in [6.45, 7) is 12.7. The predicted octanol–water partition coefficient (Wildman–Crippen LogP) is 4.09. The quantitative estimate of drug-likeness (QED) is 0.822. The van der Waals surface area contributed by atoms with E-state index >= 15 is 0 Å². The van der Waals surface area contributed by atoms with E-state index in [-0.39, 0.29) is 18.0 Å². The van der Waals surface area contributed by atoms with Crippen molar-refractivity contribution in [2.45, 2.75) is 78.0 Å². The second-order valence-electron chi connectivity index (χ2n) is 8.70. The zero-order chi connectivity index (χ0) is 20.9. The molecule has 28 heavy (non-hydrogen) atoms. The third-order valence-electron chi connectivity index (χ3n) is 4.71. The standard InChI is InChI=1S/C22H34N2O4/c1-15(2)18-9-7-8-10-19(18)27-16(3)20(25)23-17-11-13-24(14-12-17)21(26)28-22(4,5)6/h7-10,15-17H,11-14H2,1-6H3,(H,23,25). The highest BCUT2D eigenvalue weighted by molar-refractivity contribution is 5.81. The summed E-state index contributed by atoms with van der Waals surface area (Å²) in [5.74, 6) is 0.942. The van der Waals surface area contributed by atoms with Gasteiger partial charge in [-0.2, -0.15) is 0 Å². The maximum Gasteiger partial charge on any atom is 0.410 e. The van der Waals surface area contributed by atoms with Gasteiger partial charge in [0.1, 0.15) is 11.4 Å². The van der Waals surface area contributed by atoms with Gasteiger partial charge in [-0.15, -0.1) is 0 Å². The first kappa shape index (κ1) is 22.1. The summed E-state index contributed by atoms with van der Waals surface area (Å²) in [5.41, 5.74) is 0.592. The van der Waals surface area contributed by atoms with Gasteiger partial charge in [-0.3, -0.25) is 4.79 Å². The normalized spacial score (nSPS) is 16.6. The molecule has 1 unspecified atom stereocenters. The second kappa shape index (κ2) is 9.30. The van der Waals surface area contributed by atoms with E-state index in [1.165, 1.54) is 0 Å². The Morgan fingerprint density at radius 1 is 1.11 bits per heavy atom. The van der Waals surface area contributed by atoms with Crippen molar-refractivity contribution in [2.24, 2.45) is 0 Å². The lowest BCUT2D eigenvalue weighted by Gasteiger charge is -2.34. The summed E-state index contributed by atoms with van der Waals surface area (Å²) in [6, 6.07) is 7.86. The van der Waals surface area contributed by atoms with Crippen LogP contribution in [-0.4, -0.2) is 47.7 Å². The lowest BCUT2D eigenvalue weighted by Crippen LogP contribution is -2.50. The number of nitrogens with zero attached hydrogens (tertiary/aromatic N) is 1. The van der Waals surface area contributed by atoms with E-state index in [0.29, 0.717) is 31.8 Å². The van der Waals surface area contributed by atoms with Crippen LogP contribution < -0.4 is 10.1 Å². The van der Waals surface area contributed by atoms with Crippen LogP contribution in [0.2, 0.25) is 0 Å². The Labute approximate surface area is 168 Å². The van der Waals surface area contributed by atoms with Gasteiger partial charge in [-0.25, -0.2) is 4.79 Å². The summed E-state index contributed by atoms with van der Waals surface area (Å²) in [4.78, 5) is 26.4. The molecule has 1 aromatic rings. The molecule has 0 saturated carbocycles. The summed E-state index contributed by atoms with van der Waals surface area (Å²) in [5, 5.41) is 3.05. The van der Waals surface area contributed by atoms with Crippen LogP contribution in [0.4, 0.5) is 4.79 Å². The van der Waals surface area contributed by atoms with E-state index in [0.717, 1.165) is 11.3 Å². The van der Waals surface area contributed by atoms with Crippen molar-refractivity contribution in [3.05, 3.63) is 29.8 Å². The second-order valence-corrected chi connectivity index (χ2v) is 8.70. The lowest BCUT2D eigenvalue weighted by atomic mass is 10.0. The molecule has 6 heteroatoms. The topological polar surface area (TPSA) is 67.9 Å². The fourth-order valence-electron chi connectivity index (χ4n) is 3.16. The fourth-order valence-corrected chi connectivity index (χ4v) is 3.16. The molecule has 1 fully saturated rings. The van der Waals surface area contributed by atoms with E-state index in [9.17, 15) is 9.59 Å². The molecule has 6 nitrogen and oxygen atoms in total. The predicted molar refractivity (Wildman–Crippen MR) is 110 cm³/mol. The Hall–Kier alpha value is -2.24. The number of hydrogen-bond donors (Lipinski definition) is 1. The van der Waals surface area contributed by atoms with Gasteiger partial charge in [-0.05, 0) is 58.1 Å².